The quantitative estimate of drug-likeness (QED) is 0.425. The van der Waals surface area contributed by atoms with Crippen molar-refractivity contribution in [1.82, 2.24) is 20.8 Å². The lowest BCUT2D eigenvalue weighted by atomic mass is 10.0. The van der Waals surface area contributed by atoms with Gasteiger partial charge in [0.15, 0.2) is 8.68 Å². The number of nitrogens with zero attached hydrogens (tertiary/aromatic N) is 2. The molecule has 0 saturated heterocycles. The van der Waals surface area contributed by atoms with Crippen LogP contribution < -0.4 is 10.6 Å². The fourth-order valence-corrected chi connectivity index (χ4v) is 5.62. The number of nitrogens with one attached hydrogen (secondary N) is 2. The molecule has 1 aliphatic heterocycles. The molecule has 0 bridgehead atoms. The molecule has 10 heteroatoms. The molecule has 0 radical (unpaired) electrons. The zero-order valence-electron chi connectivity index (χ0n) is 17.1. The van der Waals surface area contributed by atoms with Gasteiger partial charge in [0.1, 0.15) is 0 Å². The van der Waals surface area contributed by atoms with Gasteiger partial charge in [0.2, 0.25) is 0 Å². The highest BCUT2D eigenvalue weighted by molar-refractivity contribution is 8.03. The number of hydrogen-bond acceptors (Lipinski definition) is 8. The molecule has 2 heterocycles. The average Bonchev–Trinajstić information content (AvgIpc) is 3.19. The third-order valence-electron chi connectivity index (χ3n) is 4.31. The summed E-state index contributed by atoms with van der Waals surface area (Å²) in [6.07, 6.45) is 0. The summed E-state index contributed by atoms with van der Waals surface area (Å²) in [4.78, 5) is 23.7. The number of carbonyl (C=O) groups excluding carboxylic acids is 2. The summed E-state index contributed by atoms with van der Waals surface area (Å²) in [6, 6.07) is 8.33. The number of urea groups is 1. The van der Waals surface area contributed by atoms with Crippen LogP contribution in [0.3, 0.4) is 0 Å². The van der Waals surface area contributed by atoms with E-state index in [1.165, 1.54) is 34.2 Å². The molecule has 2 amide bonds. The van der Waals surface area contributed by atoms with Gasteiger partial charge in [-0.15, -0.1) is 10.2 Å². The van der Waals surface area contributed by atoms with E-state index in [1.807, 2.05) is 0 Å². The normalized spacial score (nSPS) is 13.9. The largest absolute Gasteiger partial charge is 0.463 e. The summed E-state index contributed by atoms with van der Waals surface area (Å²) in [6.45, 7) is 6.57. The molecule has 2 aromatic rings. The van der Waals surface area contributed by atoms with E-state index in [-0.39, 0.29) is 19.2 Å². The molecular weight excluding hydrogens is 440 g/mol. The number of thioether (sulfide) groups is 2. The SMILES string of the molecule is CCOC(=O)C1=C(CSc2nnc(SCc3ccc(C(C)C)cc3)s2)NC(=O)NC1. The van der Waals surface area contributed by atoms with E-state index in [1.54, 1.807) is 18.7 Å². The van der Waals surface area contributed by atoms with Crippen LogP contribution in [0.2, 0.25) is 0 Å². The van der Waals surface area contributed by atoms with Gasteiger partial charge in [-0.2, -0.15) is 0 Å². The van der Waals surface area contributed by atoms with Crippen LogP contribution in [-0.4, -0.2) is 41.1 Å². The Hall–Kier alpha value is -2.04. The Morgan fingerprint density at radius 2 is 1.83 bits per heavy atom. The van der Waals surface area contributed by atoms with Crippen molar-refractivity contribution >= 4 is 46.9 Å². The topological polar surface area (TPSA) is 93.2 Å². The van der Waals surface area contributed by atoms with Gasteiger partial charge in [-0.25, -0.2) is 9.59 Å². The van der Waals surface area contributed by atoms with Crippen molar-refractivity contribution in [1.29, 1.82) is 0 Å². The molecule has 7 nitrogen and oxygen atoms in total. The fraction of sp³-hybridized carbons (Fsp3) is 0.400. The maximum atomic E-state index is 12.1. The minimum atomic E-state index is -0.419. The first-order valence-corrected chi connectivity index (χ1v) is 12.4. The minimum Gasteiger partial charge on any atom is -0.463 e. The molecule has 0 aliphatic carbocycles. The predicted octanol–water partition coefficient (Wildman–Crippen LogP) is 4.18. The van der Waals surface area contributed by atoms with Gasteiger partial charge in [0.05, 0.1) is 18.7 Å². The van der Waals surface area contributed by atoms with Crippen LogP contribution in [0.15, 0.2) is 44.2 Å². The molecule has 3 rings (SSSR count). The Morgan fingerprint density at radius 1 is 1.17 bits per heavy atom. The summed E-state index contributed by atoms with van der Waals surface area (Å²) < 4.78 is 6.75. The first kappa shape index (κ1) is 22.6. The summed E-state index contributed by atoms with van der Waals surface area (Å²) in [5.74, 6) is 1.35. The molecule has 0 atom stereocenters. The Labute approximate surface area is 188 Å². The van der Waals surface area contributed by atoms with Crippen molar-refractivity contribution in [3.05, 3.63) is 46.7 Å². The third kappa shape index (κ3) is 6.23. The van der Waals surface area contributed by atoms with Crippen molar-refractivity contribution in [2.75, 3.05) is 18.9 Å². The van der Waals surface area contributed by atoms with E-state index >= 15 is 0 Å². The highest BCUT2D eigenvalue weighted by Gasteiger charge is 2.24. The second-order valence-corrected chi connectivity index (χ2v) is 10.2. The van der Waals surface area contributed by atoms with Crippen LogP contribution >= 0.6 is 34.9 Å². The Morgan fingerprint density at radius 3 is 2.47 bits per heavy atom. The van der Waals surface area contributed by atoms with E-state index in [0.29, 0.717) is 22.9 Å². The highest BCUT2D eigenvalue weighted by atomic mass is 32.2. The highest BCUT2D eigenvalue weighted by Crippen LogP contribution is 2.32. The monoisotopic (exact) mass is 464 g/mol. The fourth-order valence-electron chi connectivity index (χ4n) is 2.66. The summed E-state index contributed by atoms with van der Waals surface area (Å²) in [5.41, 5.74) is 3.57. The van der Waals surface area contributed by atoms with Gasteiger partial charge in [0, 0.05) is 17.2 Å². The Bertz CT molecular complexity index is 926. The first-order chi connectivity index (χ1) is 14.5. The number of carbonyl (C=O) groups is 2. The molecule has 1 aliphatic rings. The number of esters is 1. The molecule has 0 spiro atoms. The van der Waals surface area contributed by atoms with Crippen LogP contribution in [0.4, 0.5) is 4.79 Å². The second-order valence-electron chi connectivity index (χ2n) is 6.79. The molecular formula is C20H24N4O3S3. The lowest BCUT2D eigenvalue weighted by Gasteiger charge is -2.20. The number of amides is 2. The van der Waals surface area contributed by atoms with E-state index in [4.69, 9.17) is 4.74 Å². The molecule has 0 fully saturated rings. The number of rotatable bonds is 9. The Kier molecular flexibility index (Phi) is 8.17. The van der Waals surface area contributed by atoms with Crippen molar-refractivity contribution in [2.24, 2.45) is 0 Å². The minimum absolute atomic E-state index is 0.160. The molecule has 0 saturated carbocycles. The van der Waals surface area contributed by atoms with E-state index < -0.39 is 5.97 Å². The maximum absolute atomic E-state index is 12.1. The number of hydrogen-bond donors (Lipinski definition) is 2. The summed E-state index contributed by atoms with van der Waals surface area (Å²) in [7, 11) is 0. The molecule has 0 unspecified atom stereocenters. The van der Waals surface area contributed by atoms with Gasteiger partial charge < -0.3 is 15.4 Å². The van der Waals surface area contributed by atoms with E-state index in [9.17, 15) is 9.59 Å². The maximum Gasteiger partial charge on any atom is 0.337 e. The standard InChI is InChI=1S/C20H24N4O3S3/c1-4-27-17(25)15-9-21-18(26)22-16(15)11-29-20-24-23-19(30-20)28-10-13-5-7-14(8-6-13)12(2)3/h5-8,12H,4,9-11H2,1-3H3,(H2,21,22,26). The molecule has 30 heavy (non-hydrogen) atoms. The lowest BCUT2D eigenvalue weighted by molar-refractivity contribution is -0.138. The average molecular weight is 465 g/mol. The lowest BCUT2D eigenvalue weighted by Crippen LogP contribution is -2.44. The van der Waals surface area contributed by atoms with Crippen molar-refractivity contribution < 1.29 is 14.3 Å². The first-order valence-electron chi connectivity index (χ1n) is 9.58. The van der Waals surface area contributed by atoms with Crippen molar-refractivity contribution in [3.63, 3.8) is 0 Å². The zero-order valence-corrected chi connectivity index (χ0v) is 19.5. The van der Waals surface area contributed by atoms with Crippen LogP contribution in [0.1, 0.15) is 37.8 Å². The molecule has 1 aromatic carbocycles. The molecule has 1 aromatic heterocycles. The second kappa shape index (κ2) is 10.8. The van der Waals surface area contributed by atoms with Crippen LogP contribution in [0, 0.1) is 0 Å². The predicted molar refractivity (Wildman–Crippen MR) is 121 cm³/mol. The van der Waals surface area contributed by atoms with Crippen LogP contribution in [0.25, 0.3) is 0 Å². The zero-order chi connectivity index (χ0) is 21.5. The van der Waals surface area contributed by atoms with E-state index in [0.717, 1.165) is 14.4 Å². The third-order valence-corrected chi connectivity index (χ3v) is 7.60. The number of benzene rings is 1. The van der Waals surface area contributed by atoms with Gasteiger partial charge in [-0.3, -0.25) is 0 Å². The van der Waals surface area contributed by atoms with Crippen LogP contribution in [0.5, 0.6) is 0 Å². The van der Waals surface area contributed by atoms with Gasteiger partial charge >= 0.3 is 12.0 Å². The number of aromatic nitrogens is 2. The molecule has 2 N–H and O–H groups in total. The smallest absolute Gasteiger partial charge is 0.337 e. The van der Waals surface area contributed by atoms with Crippen LogP contribution in [-0.2, 0) is 15.3 Å². The Balaban J connectivity index is 1.56. The van der Waals surface area contributed by atoms with Gasteiger partial charge in [-0.1, -0.05) is 73.0 Å². The van der Waals surface area contributed by atoms with E-state index in [2.05, 4.69) is 58.9 Å². The summed E-state index contributed by atoms with van der Waals surface area (Å²) >= 11 is 4.59. The van der Waals surface area contributed by atoms with Crippen molar-refractivity contribution in [3.8, 4) is 0 Å². The van der Waals surface area contributed by atoms with Crippen molar-refractivity contribution in [2.45, 2.75) is 41.1 Å². The molecule has 160 valence electrons. The number of ether oxygens (including phenoxy) is 1. The van der Waals surface area contributed by atoms with Gasteiger partial charge in [0.25, 0.3) is 0 Å². The van der Waals surface area contributed by atoms with Gasteiger partial charge in [-0.05, 0) is 24.0 Å². The summed E-state index contributed by atoms with van der Waals surface area (Å²) in [5, 5.41) is 13.8.